The third-order valence-electron chi connectivity index (χ3n) is 6.01. The number of hydrogen-bond acceptors (Lipinski definition) is 10. The number of methoxy groups -OCH3 is 1. The quantitative estimate of drug-likeness (QED) is 0.468. The fourth-order valence-electron chi connectivity index (χ4n) is 4.27. The van der Waals surface area contributed by atoms with Crippen LogP contribution in [-0.2, 0) is 17.9 Å². The molecule has 2 N–H and O–H groups in total. The summed E-state index contributed by atoms with van der Waals surface area (Å²) >= 11 is 0. The Labute approximate surface area is 195 Å². The van der Waals surface area contributed by atoms with Crippen LogP contribution < -0.4 is 25.7 Å². The largest absolute Gasteiger partial charge is 0.481 e. The number of anilines is 1. The summed E-state index contributed by atoms with van der Waals surface area (Å²) in [6.45, 7) is 4.58. The van der Waals surface area contributed by atoms with Crippen LogP contribution in [0, 0.1) is 5.92 Å². The number of hydrogen-bond donors (Lipinski definition) is 2. The molecule has 3 aromatic heterocycles. The number of nitrogens with zero attached hydrogens (tertiary/aromatic N) is 6. The summed E-state index contributed by atoms with van der Waals surface area (Å²) in [7, 11) is 1.55. The van der Waals surface area contributed by atoms with E-state index in [9.17, 15) is 9.59 Å². The maximum Gasteiger partial charge on any atom is 0.270 e. The van der Waals surface area contributed by atoms with Gasteiger partial charge in [0.25, 0.3) is 17.3 Å². The van der Waals surface area contributed by atoms with E-state index in [4.69, 9.17) is 9.47 Å². The summed E-state index contributed by atoms with van der Waals surface area (Å²) in [6.07, 6.45) is 4.07. The molecule has 12 heteroatoms. The molecule has 5 heterocycles. The van der Waals surface area contributed by atoms with Gasteiger partial charge in [-0.15, -0.1) is 0 Å². The SMILES string of the molecule is COc1ccc2ncc(=O)n(CCN3CC[C@@H](CNCc4cnc5c(n4)NC(=O)CO5)C3)c2n1. The number of likely N-dealkylation sites (tertiary alicyclic amines) is 1. The van der Waals surface area contributed by atoms with E-state index in [0.29, 0.717) is 47.7 Å². The molecular formula is C22H26N8O4. The Hall–Kier alpha value is -3.64. The number of ether oxygens (including phenoxy) is 2. The van der Waals surface area contributed by atoms with Crippen LogP contribution in [0.3, 0.4) is 0 Å². The van der Waals surface area contributed by atoms with Crippen molar-refractivity contribution in [2.24, 2.45) is 5.92 Å². The predicted molar refractivity (Wildman–Crippen MR) is 123 cm³/mol. The lowest BCUT2D eigenvalue weighted by molar-refractivity contribution is -0.118. The third kappa shape index (κ3) is 4.82. The molecule has 0 unspecified atom stereocenters. The summed E-state index contributed by atoms with van der Waals surface area (Å²) in [6, 6.07) is 3.55. The van der Waals surface area contributed by atoms with E-state index in [1.165, 1.54) is 6.20 Å². The van der Waals surface area contributed by atoms with Crippen molar-refractivity contribution in [1.29, 1.82) is 0 Å². The highest BCUT2D eigenvalue weighted by Crippen LogP contribution is 2.22. The van der Waals surface area contributed by atoms with Crippen molar-refractivity contribution in [3.63, 3.8) is 0 Å². The molecule has 1 amide bonds. The predicted octanol–water partition coefficient (Wildman–Crippen LogP) is 0.0327. The Kier molecular flexibility index (Phi) is 6.32. The van der Waals surface area contributed by atoms with Crippen molar-refractivity contribution in [1.82, 2.24) is 34.7 Å². The van der Waals surface area contributed by atoms with E-state index in [0.717, 1.165) is 38.3 Å². The van der Waals surface area contributed by atoms with Crippen LogP contribution in [0.5, 0.6) is 11.8 Å². The first-order valence-electron chi connectivity index (χ1n) is 11.2. The molecule has 0 spiro atoms. The van der Waals surface area contributed by atoms with Crippen LogP contribution in [0.2, 0.25) is 0 Å². The standard InChI is InChI=1S/C22H26N8O4/c1-33-18-3-2-16-21(28-18)30(19(32)11-24-16)7-6-29-5-4-14(12-29)8-23-9-15-10-25-22-20(26-15)27-17(31)13-34-22/h2-3,10-11,14,23H,4-9,12-13H2,1H3,(H,26,27,31)/t14-/m0/s1. The van der Waals surface area contributed by atoms with Gasteiger partial charge in [-0.3, -0.25) is 14.2 Å². The Morgan fingerprint density at radius 2 is 2.12 bits per heavy atom. The van der Waals surface area contributed by atoms with Crippen LogP contribution in [0.4, 0.5) is 5.82 Å². The van der Waals surface area contributed by atoms with Crippen molar-refractivity contribution in [3.8, 4) is 11.8 Å². The molecule has 3 aromatic rings. The normalized spacial score (nSPS) is 17.9. The molecule has 1 fully saturated rings. The van der Waals surface area contributed by atoms with Gasteiger partial charge in [0, 0.05) is 32.2 Å². The lowest BCUT2D eigenvalue weighted by Crippen LogP contribution is -2.31. The minimum absolute atomic E-state index is 0.0335. The van der Waals surface area contributed by atoms with Crippen molar-refractivity contribution < 1.29 is 14.3 Å². The number of carbonyl (C=O) groups excluding carboxylic acids is 1. The van der Waals surface area contributed by atoms with Gasteiger partial charge in [0.15, 0.2) is 18.1 Å². The summed E-state index contributed by atoms with van der Waals surface area (Å²) in [4.78, 5) is 43.5. The maximum atomic E-state index is 12.4. The molecule has 0 bridgehead atoms. The van der Waals surface area contributed by atoms with Crippen molar-refractivity contribution in [2.75, 3.05) is 45.2 Å². The zero-order valence-corrected chi connectivity index (χ0v) is 18.9. The summed E-state index contributed by atoms with van der Waals surface area (Å²) < 4.78 is 12.1. The second-order valence-corrected chi connectivity index (χ2v) is 8.38. The molecule has 0 saturated carbocycles. The minimum atomic E-state index is -0.227. The van der Waals surface area contributed by atoms with E-state index in [1.54, 1.807) is 23.9 Å². The van der Waals surface area contributed by atoms with Gasteiger partial charge in [-0.2, -0.15) is 4.98 Å². The molecule has 0 radical (unpaired) electrons. The first kappa shape index (κ1) is 22.2. The van der Waals surface area contributed by atoms with Gasteiger partial charge in [0.1, 0.15) is 5.52 Å². The molecule has 1 saturated heterocycles. The average molecular weight is 467 g/mol. The maximum absolute atomic E-state index is 12.4. The molecule has 12 nitrogen and oxygen atoms in total. The van der Waals surface area contributed by atoms with Gasteiger partial charge in [-0.05, 0) is 31.5 Å². The number of rotatable bonds is 8. The van der Waals surface area contributed by atoms with Gasteiger partial charge in [0.2, 0.25) is 5.88 Å². The van der Waals surface area contributed by atoms with Gasteiger partial charge in [-0.25, -0.2) is 15.0 Å². The minimum Gasteiger partial charge on any atom is -0.481 e. The van der Waals surface area contributed by atoms with Crippen molar-refractivity contribution in [2.45, 2.75) is 19.5 Å². The number of nitrogens with one attached hydrogen (secondary N) is 2. The lowest BCUT2D eigenvalue weighted by atomic mass is 10.1. The molecule has 2 aliphatic rings. The molecule has 0 aromatic carbocycles. The highest BCUT2D eigenvalue weighted by Gasteiger charge is 2.23. The Morgan fingerprint density at radius 1 is 1.21 bits per heavy atom. The molecule has 0 aliphatic carbocycles. The highest BCUT2D eigenvalue weighted by molar-refractivity contribution is 5.93. The topological polar surface area (TPSA) is 136 Å². The zero-order chi connectivity index (χ0) is 23.5. The number of pyridine rings is 1. The molecule has 34 heavy (non-hydrogen) atoms. The van der Waals surface area contributed by atoms with Crippen LogP contribution in [0.1, 0.15) is 12.1 Å². The second kappa shape index (κ2) is 9.69. The van der Waals surface area contributed by atoms with Gasteiger partial charge in [0.05, 0.1) is 25.2 Å². The Bertz CT molecular complexity index is 1260. The number of aromatic nitrogens is 5. The van der Waals surface area contributed by atoms with Crippen LogP contribution in [-0.4, -0.2) is 75.2 Å². The monoisotopic (exact) mass is 466 g/mol. The summed E-state index contributed by atoms with van der Waals surface area (Å²) in [5.74, 6) is 1.45. The van der Waals surface area contributed by atoms with Gasteiger partial charge in [-0.1, -0.05) is 0 Å². The molecule has 1 atom stereocenters. The first-order valence-corrected chi connectivity index (χ1v) is 11.2. The van der Waals surface area contributed by atoms with Gasteiger partial charge >= 0.3 is 0 Å². The van der Waals surface area contributed by atoms with E-state index in [1.807, 2.05) is 6.07 Å². The van der Waals surface area contributed by atoms with E-state index in [2.05, 4.69) is 35.5 Å². The molecule has 178 valence electrons. The highest BCUT2D eigenvalue weighted by atomic mass is 16.5. The van der Waals surface area contributed by atoms with Crippen molar-refractivity contribution >= 4 is 22.9 Å². The van der Waals surface area contributed by atoms with Crippen LogP contribution >= 0.6 is 0 Å². The fourth-order valence-corrected chi connectivity index (χ4v) is 4.27. The Morgan fingerprint density at radius 3 is 3.00 bits per heavy atom. The Balaban J connectivity index is 1.13. The third-order valence-corrected chi connectivity index (χ3v) is 6.01. The first-order chi connectivity index (χ1) is 16.6. The fraction of sp³-hybridized carbons (Fsp3) is 0.455. The van der Waals surface area contributed by atoms with E-state index >= 15 is 0 Å². The van der Waals surface area contributed by atoms with E-state index in [-0.39, 0.29) is 18.1 Å². The average Bonchev–Trinajstić information content (AvgIpc) is 3.30. The number of amides is 1. The van der Waals surface area contributed by atoms with Crippen LogP contribution in [0.25, 0.3) is 11.2 Å². The molecular weight excluding hydrogens is 440 g/mol. The van der Waals surface area contributed by atoms with Gasteiger partial charge < -0.3 is 25.0 Å². The zero-order valence-electron chi connectivity index (χ0n) is 18.9. The number of fused-ring (bicyclic) bond motifs is 2. The number of carbonyl (C=O) groups is 1. The van der Waals surface area contributed by atoms with Crippen molar-refractivity contribution in [3.05, 3.63) is 40.6 Å². The summed E-state index contributed by atoms with van der Waals surface area (Å²) in [5.41, 5.74) is 1.78. The molecule has 2 aliphatic heterocycles. The van der Waals surface area contributed by atoms with E-state index < -0.39 is 0 Å². The second-order valence-electron chi connectivity index (χ2n) is 8.38. The molecule has 5 rings (SSSR count). The lowest BCUT2D eigenvalue weighted by Gasteiger charge is -2.18. The smallest absolute Gasteiger partial charge is 0.270 e. The summed E-state index contributed by atoms with van der Waals surface area (Å²) in [5, 5.41) is 6.11. The van der Waals surface area contributed by atoms with Crippen LogP contribution in [0.15, 0.2) is 29.3 Å².